The van der Waals surface area contributed by atoms with E-state index >= 15 is 0 Å². The minimum absolute atomic E-state index is 0.0857. The Morgan fingerprint density at radius 2 is 1.87 bits per heavy atom. The summed E-state index contributed by atoms with van der Waals surface area (Å²) in [6, 6.07) is 10.5. The number of anilines is 2. The number of carbonyl (C=O) groups excluding carboxylic acids is 1. The van der Waals surface area contributed by atoms with Crippen molar-refractivity contribution in [1.82, 2.24) is 14.7 Å². The summed E-state index contributed by atoms with van der Waals surface area (Å²) in [6.45, 7) is 17.9. The third kappa shape index (κ3) is 5.73. The zero-order valence-corrected chi connectivity index (χ0v) is 17.9. The molecule has 7 heteroatoms. The van der Waals surface area contributed by atoms with E-state index in [1.165, 1.54) is 11.3 Å². The lowest BCUT2D eigenvalue weighted by atomic mass is 10.1. The molecule has 1 aromatic carbocycles. The van der Waals surface area contributed by atoms with E-state index < -0.39 is 0 Å². The van der Waals surface area contributed by atoms with Crippen LogP contribution in [0.5, 0.6) is 0 Å². The van der Waals surface area contributed by atoms with Gasteiger partial charge in [-0.15, -0.1) is 13.2 Å². The van der Waals surface area contributed by atoms with Crippen molar-refractivity contribution in [3.05, 3.63) is 67.1 Å². The summed E-state index contributed by atoms with van der Waals surface area (Å²) in [5, 5.41) is 20.9. The Morgan fingerprint density at radius 1 is 1.20 bits per heavy atom. The van der Waals surface area contributed by atoms with Crippen molar-refractivity contribution in [2.24, 2.45) is 5.41 Å². The fraction of sp³-hybridized carbons (Fsp3) is 0.391. The lowest BCUT2D eigenvalue weighted by Crippen LogP contribution is -2.35. The third-order valence-electron chi connectivity index (χ3n) is 5.46. The zero-order chi connectivity index (χ0) is 22.1. The second-order valence-electron chi connectivity index (χ2n) is 7.61. The summed E-state index contributed by atoms with van der Waals surface area (Å²) >= 11 is 0. The molecule has 1 aliphatic carbocycles. The normalized spacial score (nSPS) is 15.5. The van der Waals surface area contributed by atoms with Crippen LogP contribution in [0, 0.1) is 12.3 Å². The van der Waals surface area contributed by atoms with Gasteiger partial charge in [0.2, 0.25) is 0 Å². The van der Waals surface area contributed by atoms with E-state index in [4.69, 9.17) is 4.79 Å². The first-order valence-corrected chi connectivity index (χ1v) is 10.0. The van der Waals surface area contributed by atoms with Gasteiger partial charge in [-0.25, -0.2) is 0 Å². The first kappa shape index (κ1) is 23.2. The highest BCUT2D eigenvalue weighted by atomic mass is 16.3. The monoisotopic (exact) mass is 411 g/mol. The molecule has 0 amide bonds. The molecule has 0 bridgehead atoms. The van der Waals surface area contributed by atoms with Crippen LogP contribution >= 0.6 is 0 Å². The topological polar surface area (TPSA) is 82.4 Å². The van der Waals surface area contributed by atoms with Crippen LogP contribution in [0.4, 0.5) is 11.5 Å². The van der Waals surface area contributed by atoms with Crippen molar-refractivity contribution in [2.45, 2.75) is 32.9 Å². The largest absolute Gasteiger partial charge is 0.396 e. The van der Waals surface area contributed by atoms with Gasteiger partial charge in [0.05, 0.1) is 31.2 Å². The summed E-state index contributed by atoms with van der Waals surface area (Å²) < 4.78 is 2.07. The van der Waals surface area contributed by atoms with E-state index in [1.807, 2.05) is 6.79 Å². The minimum atomic E-state index is 0.0857. The zero-order valence-electron chi connectivity index (χ0n) is 17.9. The maximum atomic E-state index is 9.44. The number of aromatic nitrogens is 2. The molecule has 7 nitrogen and oxygen atoms in total. The second-order valence-corrected chi connectivity index (χ2v) is 7.61. The highest BCUT2D eigenvalue weighted by molar-refractivity contribution is 5.48. The van der Waals surface area contributed by atoms with Crippen LogP contribution in [0.15, 0.2) is 55.9 Å². The number of aryl methyl sites for hydroxylation is 1. The van der Waals surface area contributed by atoms with Crippen molar-refractivity contribution in [3.63, 3.8) is 0 Å². The van der Waals surface area contributed by atoms with Gasteiger partial charge in [0.25, 0.3) is 0 Å². The van der Waals surface area contributed by atoms with E-state index in [0.29, 0.717) is 0 Å². The number of nitrogens with one attached hydrogen (secondary N) is 2. The smallest absolute Gasteiger partial charge is 0.148 e. The van der Waals surface area contributed by atoms with E-state index in [0.717, 1.165) is 56.3 Å². The van der Waals surface area contributed by atoms with Crippen LogP contribution in [0.3, 0.4) is 0 Å². The van der Waals surface area contributed by atoms with Crippen LogP contribution in [0.25, 0.3) is 0 Å². The van der Waals surface area contributed by atoms with Gasteiger partial charge in [-0.05, 0) is 31.9 Å². The first-order valence-electron chi connectivity index (χ1n) is 10.0. The van der Waals surface area contributed by atoms with Crippen molar-refractivity contribution in [2.75, 3.05) is 30.3 Å². The van der Waals surface area contributed by atoms with Crippen LogP contribution in [-0.4, -0.2) is 46.3 Å². The number of fused-ring (bicyclic) bond motifs is 1. The Balaban J connectivity index is 0.000000757. The fourth-order valence-corrected chi connectivity index (χ4v) is 3.31. The third-order valence-corrected chi connectivity index (χ3v) is 5.46. The lowest BCUT2D eigenvalue weighted by Gasteiger charge is -2.31. The Hall–Kier alpha value is -3.06. The van der Waals surface area contributed by atoms with Gasteiger partial charge in [-0.2, -0.15) is 5.10 Å². The average Bonchev–Trinajstić information content (AvgIpc) is 3.46. The molecule has 1 aliphatic heterocycles. The number of aliphatic hydroxyl groups excluding tert-OH is 1. The maximum absolute atomic E-state index is 9.44. The molecule has 0 saturated heterocycles. The number of rotatable bonds is 7. The number of hydrogen-bond donors (Lipinski definition) is 3. The van der Waals surface area contributed by atoms with Crippen LogP contribution in [0.1, 0.15) is 24.1 Å². The Kier molecular flexibility index (Phi) is 8.24. The highest BCUT2D eigenvalue weighted by Crippen LogP contribution is 2.44. The molecular weight excluding hydrogens is 378 g/mol. The molecule has 4 rings (SSSR count). The molecule has 0 atom stereocenters. The number of benzene rings is 1. The lowest BCUT2D eigenvalue weighted by molar-refractivity contribution is -0.0979. The Labute approximate surface area is 179 Å². The minimum Gasteiger partial charge on any atom is -0.396 e. The van der Waals surface area contributed by atoms with Crippen LogP contribution in [0.2, 0.25) is 0 Å². The molecule has 2 heterocycles. The van der Waals surface area contributed by atoms with E-state index in [2.05, 4.69) is 82.3 Å². The maximum Gasteiger partial charge on any atom is 0.148 e. The molecule has 0 unspecified atom stereocenters. The van der Waals surface area contributed by atoms with Gasteiger partial charge in [0.1, 0.15) is 12.6 Å². The standard InChI is InChI=1S/C20H27N5O.C2H4.CH2O/c1-15-3-5-17(6-4-15)22-16(2)24-9-10-25-18(12-24)11-19(23-25)21-13-20(14-26)7-8-20;2*1-2/h3-6,11,22,26H,2,7-10,12-14H2,1H3,(H,21,23);1-2H2;1H2. The summed E-state index contributed by atoms with van der Waals surface area (Å²) in [6.07, 6.45) is 2.20. The van der Waals surface area contributed by atoms with Crippen LogP contribution in [-0.2, 0) is 17.9 Å². The molecular formula is C23H33N5O2. The predicted octanol–water partition coefficient (Wildman–Crippen LogP) is 3.39. The van der Waals surface area contributed by atoms with Gasteiger partial charge >= 0.3 is 0 Å². The highest BCUT2D eigenvalue weighted by Gasteiger charge is 2.41. The summed E-state index contributed by atoms with van der Waals surface area (Å²) in [5.74, 6) is 1.81. The quantitative estimate of drug-likeness (QED) is 0.606. The van der Waals surface area contributed by atoms with Crippen molar-refractivity contribution in [1.29, 1.82) is 0 Å². The molecule has 1 saturated carbocycles. The Morgan fingerprint density at radius 3 is 2.47 bits per heavy atom. The van der Waals surface area contributed by atoms with E-state index in [1.54, 1.807) is 0 Å². The van der Waals surface area contributed by atoms with E-state index in [9.17, 15) is 5.11 Å². The molecule has 2 aromatic rings. The van der Waals surface area contributed by atoms with Gasteiger partial charge in [0.15, 0.2) is 0 Å². The Bertz CT molecular complexity index is 825. The average molecular weight is 412 g/mol. The van der Waals surface area contributed by atoms with Crippen molar-refractivity contribution in [3.8, 4) is 0 Å². The van der Waals surface area contributed by atoms with Crippen molar-refractivity contribution >= 4 is 18.3 Å². The molecule has 1 aromatic heterocycles. The van der Waals surface area contributed by atoms with Crippen LogP contribution < -0.4 is 10.6 Å². The molecule has 0 spiro atoms. The predicted molar refractivity (Wildman–Crippen MR) is 122 cm³/mol. The molecule has 1 fully saturated rings. The van der Waals surface area contributed by atoms with Crippen molar-refractivity contribution < 1.29 is 9.90 Å². The van der Waals surface area contributed by atoms with Gasteiger partial charge in [0, 0.05) is 30.3 Å². The molecule has 2 aliphatic rings. The first-order chi connectivity index (χ1) is 14.6. The second kappa shape index (κ2) is 10.6. The number of hydrogen-bond acceptors (Lipinski definition) is 6. The summed E-state index contributed by atoms with van der Waals surface area (Å²) in [4.78, 5) is 10.2. The molecule has 30 heavy (non-hydrogen) atoms. The van der Waals surface area contributed by atoms with E-state index in [-0.39, 0.29) is 12.0 Å². The van der Waals surface area contributed by atoms with Gasteiger partial charge in [-0.1, -0.05) is 24.3 Å². The fourth-order valence-electron chi connectivity index (χ4n) is 3.31. The number of aliphatic hydroxyl groups is 1. The summed E-state index contributed by atoms with van der Waals surface area (Å²) in [5.41, 5.74) is 3.57. The van der Waals surface area contributed by atoms with Gasteiger partial charge < -0.3 is 25.4 Å². The molecule has 3 N–H and O–H groups in total. The molecule has 162 valence electrons. The number of carbonyl (C=O) groups is 1. The summed E-state index contributed by atoms with van der Waals surface area (Å²) in [7, 11) is 0. The SMILES string of the molecule is C=C.C=C(Nc1ccc(C)cc1)N1CCn2nc(NCC3(CO)CC3)cc2C1.C=O. The van der Waals surface area contributed by atoms with Gasteiger partial charge in [-0.3, -0.25) is 4.68 Å². The number of nitrogens with zero attached hydrogens (tertiary/aromatic N) is 3. The molecule has 0 radical (unpaired) electrons.